The minimum absolute atomic E-state index is 0.391. The minimum atomic E-state index is 0.391. The molecule has 0 bridgehead atoms. The number of halogens is 3. The normalized spacial score (nSPS) is 11.1. The molecule has 0 fully saturated rings. The van der Waals surface area contributed by atoms with E-state index in [9.17, 15) is 0 Å². The second-order valence-corrected chi connectivity index (χ2v) is 7.66. The van der Waals surface area contributed by atoms with E-state index in [2.05, 4.69) is 39.7 Å². The molecule has 0 saturated heterocycles. The highest BCUT2D eigenvalue weighted by atomic mass is 79.9. The molecule has 106 valence electrons. The van der Waals surface area contributed by atoms with Crippen LogP contribution in [0.5, 0.6) is 0 Å². The van der Waals surface area contributed by atoms with Crippen molar-refractivity contribution in [2.45, 2.75) is 24.9 Å². The molecule has 0 radical (unpaired) electrons. The second-order valence-electron chi connectivity index (χ2n) is 4.47. The monoisotopic (exact) mass is 390 g/mol. The van der Waals surface area contributed by atoms with Crippen LogP contribution in [0.3, 0.4) is 0 Å². The van der Waals surface area contributed by atoms with Gasteiger partial charge in [0.15, 0.2) is 0 Å². The Morgan fingerprint density at radius 1 is 1.20 bits per heavy atom. The molecule has 0 saturated carbocycles. The molecule has 20 heavy (non-hydrogen) atoms. The van der Waals surface area contributed by atoms with Crippen LogP contribution in [-0.2, 0) is 5.75 Å². The highest BCUT2D eigenvalue weighted by molar-refractivity contribution is 9.10. The minimum Gasteiger partial charge on any atom is -0.220 e. The lowest BCUT2D eigenvalue weighted by molar-refractivity contribution is 1.02. The van der Waals surface area contributed by atoms with Crippen molar-refractivity contribution in [1.82, 2.24) is 9.97 Å². The summed E-state index contributed by atoms with van der Waals surface area (Å²) in [4.78, 5) is 8.69. The van der Waals surface area contributed by atoms with E-state index in [1.807, 2.05) is 24.3 Å². The predicted molar refractivity (Wildman–Crippen MR) is 91.6 cm³/mol. The van der Waals surface area contributed by atoms with Crippen molar-refractivity contribution in [3.05, 3.63) is 44.9 Å². The van der Waals surface area contributed by atoms with Crippen LogP contribution < -0.4 is 0 Å². The standard InChI is InChI=1S/C14H13BrCl2N2S/c1-8(2)20-7-11-18-13(16)12(14(17)19-11)9-4-3-5-10(15)6-9/h3-6,8H,7H2,1-2H3. The van der Waals surface area contributed by atoms with E-state index in [0.717, 1.165) is 10.0 Å². The number of benzene rings is 1. The van der Waals surface area contributed by atoms with E-state index in [4.69, 9.17) is 23.2 Å². The summed E-state index contributed by atoms with van der Waals surface area (Å²) in [6, 6.07) is 7.75. The van der Waals surface area contributed by atoms with Crippen LogP contribution in [0.2, 0.25) is 10.3 Å². The van der Waals surface area contributed by atoms with Crippen molar-refractivity contribution in [3.8, 4) is 11.1 Å². The van der Waals surface area contributed by atoms with Crippen LogP contribution in [0.4, 0.5) is 0 Å². The number of nitrogens with zero attached hydrogens (tertiary/aromatic N) is 2. The average Bonchev–Trinajstić information content (AvgIpc) is 2.35. The van der Waals surface area contributed by atoms with Crippen molar-refractivity contribution in [2.75, 3.05) is 0 Å². The molecule has 0 aliphatic rings. The highest BCUT2D eigenvalue weighted by Crippen LogP contribution is 2.34. The van der Waals surface area contributed by atoms with Crippen LogP contribution in [-0.4, -0.2) is 15.2 Å². The molecular weight excluding hydrogens is 379 g/mol. The lowest BCUT2D eigenvalue weighted by Gasteiger charge is -2.09. The SMILES string of the molecule is CC(C)SCc1nc(Cl)c(-c2cccc(Br)c2)c(Cl)n1. The molecule has 2 rings (SSSR count). The lowest BCUT2D eigenvalue weighted by atomic mass is 10.1. The Bertz CT molecular complexity index is 597. The Kier molecular flexibility index (Phi) is 5.73. The molecule has 0 aliphatic carbocycles. The zero-order chi connectivity index (χ0) is 14.7. The maximum Gasteiger partial charge on any atom is 0.142 e. The second kappa shape index (κ2) is 7.12. The highest BCUT2D eigenvalue weighted by Gasteiger charge is 2.14. The van der Waals surface area contributed by atoms with Gasteiger partial charge in [0.1, 0.15) is 16.1 Å². The maximum atomic E-state index is 6.28. The smallest absolute Gasteiger partial charge is 0.142 e. The zero-order valence-electron chi connectivity index (χ0n) is 11.0. The Morgan fingerprint density at radius 2 is 1.85 bits per heavy atom. The first-order valence-corrected chi connectivity index (χ1v) is 8.66. The van der Waals surface area contributed by atoms with Crippen molar-refractivity contribution >= 4 is 50.9 Å². The van der Waals surface area contributed by atoms with Crippen LogP contribution >= 0.6 is 50.9 Å². The van der Waals surface area contributed by atoms with Gasteiger partial charge in [-0.1, -0.05) is 65.1 Å². The molecular formula is C14H13BrCl2N2S. The van der Waals surface area contributed by atoms with Crippen molar-refractivity contribution in [3.63, 3.8) is 0 Å². The molecule has 0 amide bonds. The number of aromatic nitrogens is 2. The summed E-state index contributed by atoms with van der Waals surface area (Å²) in [7, 11) is 0. The molecule has 0 aliphatic heterocycles. The number of thioether (sulfide) groups is 1. The fourth-order valence-corrected chi connectivity index (χ4v) is 3.29. The maximum absolute atomic E-state index is 6.28. The summed E-state index contributed by atoms with van der Waals surface area (Å²) in [5, 5.41) is 1.30. The topological polar surface area (TPSA) is 25.8 Å². The first-order valence-electron chi connectivity index (χ1n) is 6.07. The van der Waals surface area contributed by atoms with Gasteiger partial charge < -0.3 is 0 Å². The quantitative estimate of drug-likeness (QED) is 0.610. The fourth-order valence-electron chi connectivity index (χ4n) is 1.64. The summed E-state index contributed by atoms with van der Waals surface area (Å²) in [6.45, 7) is 4.26. The first-order chi connectivity index (χ1) is 9.47. The van der Waals surface area contributed by atoms with Crippen LogP contribution in [0, 0.1) is 0 Å². The Morgan fingerprint density at radius 3 is 2.40 bits per heavy atom. The van der Waals surface area contributed by atoms with E-state index in [1.54, 1.807) is 11.8 Å². The van der Waals surface area contributed by atoms with Gasteiger partial charge in [0.05, 0.1) is 11.3 Å². The van der Waals surface area contributed by atoms with E-state index < -0.39 is 0 Å². The van der Waals surface area contributed by atoms with Gasteiger partial charge in [-0.05, 0) is 22.9 Å². The van der Waals surface area contributed by atoms with Crippen molar-refractivity contribution in [2.24, 2.45) is 0 Å². The number of rotatable bonds is 4. The third kappa shape index (κ3) is 4.10. The molecule has 0 unspecified atom stereocenters. The lowest BCUT2D eigenvalue weighted by Crippen LogP contribution is -1.99. The third-order valence-electron chi connectivity index (χ3n) is 2.53. The molecule has 2 nitrogen and oxygen atoms in total. The van der Waals surface area contributed by atoms with Gasteiger partial charge in [-0.3, -0.25) is 0 Å². The van der Waals surface area contributed by atoms with Crippen LogP contribution in [0.15, 0.2) is 28.7 Å². The van der Waals surface area contributed by atoms with Gasteiger partial charge in [0.25, 0.3) is 0 Å². The largest absolute Gasteiger partial charge is 0.220 e. The van der Waals surface area contributed by atoms with E-state index in [0.29, 0.717) is 32.7 Å². The molecule has 1 aromatic carbocycles. The molecule has 0 spiro atoms. The van der Waals surface area contributed by atoms with Gasteiger partial charge in [-0.25, -0.2) is 9.97 Å². The molecule has 0 N–H and O–H groups in total. The third-order valence-corrected chi connectivity index (χ3v) is 4.66. The van der Waals surface area contributed by atoms with E-state index in [-0.39, 0.29) is 0 Å². The van der Waals surface area contributed by atoms with Gasteiger partial charge >= 0.3 is 0 Å². The van der Waals surface area contributed by atoms with Gasteiger partial charge in [0.2, 0.25) is 0 Å². The predicted octanol–water partition coefficient (Wildman–Crippen LogP) is 5.85. The Hall–Kier alpha value is -0.290. The summed E-state index contributed by atoms with van der Waals surface area (Å²) < 4.78 is 0.960. The Balaban J connectivity index is 2.36. The summed E-state index contributed by atoms with van der Waals surface area (Å²) >= 11 is 17.7. The molecule has 2 aromatic rings. The van der Waals surface area contributed by atoms with E-state index in [1.165, 1.54) is 0 Å². The first kappa shape index (κ1) is 16.1. The summed E-state index contributed by atoms with van der Waals surface area (Å²) in [5.74, 6) is 1.37. The average molecular weight is 392 g/mol. The fraction of sp³-hybridized carbons (Fsp3) is 0.286. The molecule has 1 aromatic heterocycles. The van der Waals surface area contributed by atoms with Gasteiger partial charge in [-0.2, -0.15) is 11.8 Å². The Labute approximate surface area is 141 Å². The molecule has 6 heteroatoms. The van der Waals surface area contributed by atoms with E-state index >= 15 is 0 Å². The van der Waals surface area contributed by atoms with Gasteiger partial charge in [-0.15, -0.1) is 0 Å². The summed E-state index contributed by atoms with van der Waals surface area (Å²) in [5.41, 5.74) is 1.57. The zero-order valence-corrected chi connectivity index (χ0v) is 14.9. The van der Waals surface area contributed by atoms with Gasteiger partial charge in [0, 0.05) is 4.47 Å². The van der Waals surface area contributed by atoms with Crippen LogP contribution in [0.25, 0.3) is 11.1 Å². The molecule has 0 atom stereocenters. The summed E-state index contributed by atoms with van der Waals surface area (Å²) in [6.07, 6.45) is 0. The van der Waals surface area contributed by atoms with Crippen LogP contribution in [0.1, 0.15) is 19.7 Å². The van der Waals surface area contributed by atoms with Crippen molar-refractivity contribution < 1.29 is 0 Å². The molecule has 1 heterocycles. The number of hydrogen-bond acceptors (Lipinski definition) is 3. The van der Waals surface area contributed by atoms with Crippen molar-refractivity contribution in [1.29, 1.82) is 0 Å². The number of hydrogen-bond donors (Lipinski definition) is 0.